The molecule has 1 amide bonds. The van der Waals surface area contributed by atoms with Crippen molar-refractivity contribution in [1.29, 1.82) is 0 Å². The molecule has 0 aromatic heterocycles. The summed E-state index contributed by atoms with van der Waals surface area (Å²) in [5.41, 5.74) is 0.519. The smallest absolute Gasteiger partial charge is 0.308 e. The average molecular weight is 277 g/mol. The van der Waals surface area contributed by atoms with Crippen molar-refractivity contribution in [2.24, 2.45) is 0 Å². The summed E-state index contributed by atoms with van der Waals surface area (Å²) in [7, 11) is 0. The van der Waals surface area contributed by atoms with E-state index in [1.807, 2.05) is 13.8 Å². The van der Waals surface area contributed by atoms with Crippen LogP contribution in [-0.2, 0) is 9.53 Å². The van der Waals surface area contributed by atoms with Gasteiger partial charge in [0.1, 0.15) is 5.75 Å². The number of rotatable bonds is 2. The molecule has 108 valence electrons. The molecule has 0 bridgehead atoms. The van der Waals surface area contributed by atoms with E-state index in [9.17, 15) is 9.59 Å². The first-order valence-electron chi connectivity index (χ1n) is 6.69. The molecule has 0 radical (unpaired) electrons. The fourth-order valence-electron chi connectivity index (χ4n) is 2.38. The topological polar surface area (TPSA) is 55.8 Å². The largest absolute Gasteiger partial charge is 0.427 e. The maximum Gasteiger partial charge on any atom is 0.308 e. The third-order valence-corrected chi connectivity index (χ3v) is 3.05. The Kier molecular flexibility index (Phi) is 4.39. The lowest BCUT2D eigenvalue weighted by Gasteiger charge is -2.35. The highest BCUT2D eigenvalue weighted by atomic mass is 16.5. The number of benzene rings is 1. The predicted octanol–water partition coefficient (Wildman–Crippen LogP) is 1.86. The lowest BCUT2D eigenvalue weighted by atomic mass is 10.1. The first-order valence-corrected chi connectivity index (χ1v) is 6.69. The second kappa shape index (κ2) is 6.05. The molecule has 1 aromatic carbocycles. The zero-order valence-corrected chi connectivity index (χ0v) is 12.0. The van der Waals surface area contributed by atoms with Crippen LogP contribution >= 0.6 is 0 Å². The molecule has 1 heterocycles. The van der Waals surface area contributed by atoms with Crippen LogP contribution in [-0.4, -0.2) is 42.1 Å². The first-order chi connectivity index (χ1) is 9.45. The minimum Gasteiger partial charge on any atom is -0.427 e. The van der Waals surface area contributed by atoms with Gasteiger partial charge in [-0.3, -0.25) is 9.59 Å². The summed E-state index contributed by atoms with van der Waals surface area (Å²) >= 11 is 0. The van der Waals surface area contributed by atoms with E-state index < -0.39 is 5.97 Å². The van der Waals surface area contributed by atoms with Gasteiger partial charge in [-0.2, -0.15) is 0 Å². The Labute approximate surface area is 118 Å². The Morgan fingerprint density at radius 3 is 2.50 bits per heavy atom. The van der Waals surface area contributed by atoms with Gasteiger partial charge >= 0.3 is 5.97 Å². The van der Waals surface area contributed by atoms with Crippen molar-refractivity contribution in [2.45, 2.75) is 33.0 Å². The van der Waals surface area contributed by atoms with Crippen LogP contribution in [0.4, 0.5) is 0 Å². The molecule has 2 rings (SSSR count). The van der Waals surface area contributed by atoms with E-state index in [0.717, 1.165) is 0 Å². The predicted molar refractivity (Wildman–Crippen MR) is 73.7 cm³/mol. The van der Waals surface area contributed by atoms with Crippen LogP contribution in [0.3, 0.4) is 0 Å². The highest BCUT2D eigenvalue weighted by Gasteiger charge is 2.26. The molecule has 2 unspecified atom stereocenters. The lowest BCUT2D eigenvalue weighted by molar-refractivity contribution is -0.131. The van der Waals surface area contributed by atoms with E-state index in [1.54, 1.807) is 29.2 Å². The third-order valence-electron chi connectivity index (χ3n) is 3.05. The number of amides is 1. The fourth-order valence-corrected chi connectivity index (χ4v) is 2.38. The van der Waals surface area contributed by atoms with Crippen LogP contribution in [0.25, 0.3) is 0 Å². The second-order valence-corrected chi connectivity index (χ2v) is 5.09. The first kappa shape index (κ1) is 14.5. The Bertz CT molecular complexity index is 504. The van der Waals surface area contributed by atoms with E-state index in [1.165, 1.54) is 6.92 Å². The summed E-state index contributed by atoms with van der Waals surface area (Å²) < 4.78 is 10.6. The molecular weight excluding hydrogens is 258 g/mol. The summed E-state index contributed by atoms with van der Waals surface area (Å²) in [6.45, 7) is 6.37. The van der Waals surface area contributed by atoms with Gasteiger partial charge in [0.2, 0.25) is 0 Å². The Balaban J connectivity index is 2.14. The van der Waals surface area contributed by atoms with Crippen molar-refractivity contribution in [3.05, 3.63) is 29.8 Å². The zero-order valence-electron chi connectivity index (χ0n) is 12.0. The van der Waals surface area contributed by atoms with E-state index in [0.29, 0.717) is 24.4 Å². The number of carbonyl (C=O) groups excluding carboxylic acids is 2. The van der Waals surface area contributed by atoms with Crippen LogP contribution < -0.4 is 4.74 Å². The number of esters is 1. The van der Waals surface area contributed by atoms with Gasteiger partial charge in [0.05, 0.1) is 12.2 Å². The molecule has 1 fully saturated rings. The molecule has 1 aliphatic heterocycles. The number of hydrogen-bond acceptors (Lipinski definition) is 4. The summed E-state index contributed by atoms with van der Waals surface area (Å²) in [6, 6.07) is 6.68. The average Bonchev–Trinajstić information content (AvgIpc) is 2.36. The van der Waals surface area contributed by atoms with Gasteiger partial charge in [0, 0.05) is 25.6 Å². The molecule has 0 N–H and O–H groups in total. The van der Waals surface area contributed by atoms with E-state index in [2.05, 4.69) is 0 Å². The van der Waals surface area contributed by atoms with Gasteiger partial charge in [-0.25, -0.2) is 0 Å². The van der Waals surface area contributed by atoms with Crippen LogP contribution in [0, 0.1) is 0 Å². The molecular formula is C15H19NO4. The number of nitrogens with zero attached hydrogens (tertiary/aromatic N) is 1. The van der Waals surface area contributed by atoms with Crippen LogP contribution in [0.1, 0.15) is 31.1 Å². The molecule has 5 heteroatoms. The van der Waals surface area contributed by atoms with E-state index in [-0.39, 0.29) is 18.1 Å². The normalized spacial score (nSPS) is 22.4. The van der Waals surface area contributed by atoms with Crippen LogP contribution in [0.15, 0.2) is 24.3 Å². The van der Waals surface area contributed by atoms with Gasteiger partial charge in [-0.05, 0) is 32.0 Å². The standard InChI is InChI=1S/C15H19NO4/c1-10-8-16(9-11(2)19-10)15(18)13-5-4-6-14(7-13)20-12(3)17/h4-7,10-11H,8-9H2,1-3H3. The molecule has 1 aromatic rings. The minimum atomic E-state index is -0.400. The minimum absolute atomic E-state index is 0.0272. The van der Waals surface area contributed by atoms with Gasteiger partial charge in [0.25, 0.3) is 5.91 Å². The van der Waals surface area contributed by atoms with Gasteiger partial charge in [-0.1, -0.05) is 6.07 Å². The molecule has 20 heavy (non-hydrogen) atoms. The van der Waals surface area contributed by atoms with Gasteiger partial charge in [0.15, 0.2) is 0 Å². The second-order valence-electron chi connectivity index (χ2n) is 5.09. The van der Waals surface area contributed by atoms with Crippen molar-refractivity contribution in [3.8, 4) is 5.75 Å². The SMILES string of the molecule is CC(=O)Oc1cccc(C(=O)N2CC(C)OC(C)C2)c1. The Morgan fingerprint density at radius 2 is 1.90 bits per heavy atom. The highest BCUT2D eigenvalue weighted by Crippen LogP contribution is 2.18. The summed E-state index contributed by atoms with van der Waals surface area (Å²) in [5, 5.41) is 0. The number of ether oxygens (including phenoxy) is 2. The number of carbonyl (C=O) groups is 2. The van der Waals surface area contributed by atoms with Crippen molar-refractivity contribution >= 4 is 11.9 Å². The molecule has 0 spiro atoms. The van der Waals surface area contributed by atoms with Crippen molar-refractivity contribution in [1.82, 2.24) is 4.90 Å². The molecule has 1 saturated heterocycles. The molecule has 0 saturated carbocycles. The third kappa shape index (κ3) is 3.57. The highest BCUT2D eigenvalue weighted by molar-refractivity contribution is 5.94. The maximum absolute atomic E-state index is 12.5. The van der Waals surface area contributed by atoms with E-state index >= 15 is 0 Å². The monoisotopic (exact) mass is 277 g/mol. The molecule has 1 aliphatic rings. The van der Waals surface area contributed by atoms with Crippen molar-refractivity contribution in [2.75, 3.05) is 13.1 Å². The quantitative estimate of drug-likeness (QED) is 0.611. The summed E-state index contributed by atoms with van der Waals surface area (Å²) in [6.07, 6.45) is 0.0544. The molecule has 5 nitrogen and oxygen atoms in total. The summed E-state index contributed by atoms with van der Waals surface area (Å²) in [5.74, 6) is -0.0816. The van der Waals surface area contributed by atoms with E-state index in [4.69, 9.17) is 9.47 Å². The van der Waals surface area contributed by atoms with Crippen molar-refractivity contribution in [3.63, 3.8) is 0 Å². The lowest BCUT2D eigenvalue weighted by Crippen LogP contribution is -2.48. The van der Waals surface area contributed by atoms with Gasteiger partial charge < -0.3 is 14.4 Å². The fraction of sp³-hybridized carbons (Fsp3) is 0.467. The molecule has 2 atom stereocenters. The van der Waals surface area contributed by atoms with Crippen LogP contribution in [0.2, 0.25) is 0 Å². The van der Waals surface area contributed by atoms with Gasteiger partial charge in [-0.15, -0.1) is 0 Å². The number of morpholine rings is 1. The zero-order chi connectivity index (χ0) is 14.7. The van der Waals surface area contributed by atoms with Crippen LogP contribution in [0.5, 0.6) is 5.75 Å². The maximum atomic E-state index is 12.5. The number of hydrogen-bond donors (Lipinski definition) is 0. The Morgan fingerprint density at radius 1 is 1.25 bits per heavy atom. The molecule has 0 aliphatic carbocycles. The summed E-state index contributed by atoms with van der Waals surface area (Å²) in [4.78, 5) is 25.2. The Hall–Kier alpha value is -1.88. The van der Waals surface area contributed by atoms with Crippen molar-refractivity contribution < 1.29 is 19.1 Å².